The summed E-state index contributed by atoms with van der Waals surface area (Å²) < 4.78 is 65.3. The Kier molecular flexibility index (Phi) is 6.38. The lowest BCUT2D eigenvalue weighted by molar-refractivity contribution is -0.147. The van der Waals surface area contributed by atoms with Crippen LogP contribution in [0.1, 0.15) is 31.4 Å². The topological polar surface area (TPSA) is 59.3 Å². The Bertz CT molecular complexity index is 765. The first-order valence-corrected chi connectivity index (χ1v) is 8.54. The summed E-state index contributed by atoms with van der Waals surface area (Å²) in [5.41, 5.74) is -2.40. The van der Waals surface area contributed by atoms with Crippen LogP contribution in [0.25, 0.3) is 0 Å². The molecule has 3 unspecified atom stereocenters. The molecule has 1 aliphatic carbocycles. The lowest BCUT2D eigenvalue weighted by Gasteiger charge is -2.12. The summed E-state index contributed by atoms with van der Waals surface area (Å²) in [5, 5.41) is 7.99. The lowest BCUT2D eigenvalue weighted by Crippen LogP contribution is -2.15. The Balaban J connectivity index is 2.13. The first-order valence-electron chi connectivity index (χ1n) is 8.10. The van der Waals surface area contributed by atoms with Crippen LogP contribution in [0.2, 0.25) is 0 Å². The largest absolute Gasteiger partial charge is 0.460 e. The molecule has 0 bridgehead atoms. The number of nitrogens with zero attached hydrogens (tertiary/aromatic N) is 1. The van der Waals surface area contributed by atoms with Crippen LogP contribution < -0.4 is 0 Å². The highest BCUT2D eigenvalue weighted by Crippen LogP contribution is 2.61. The van der Waals surface area contributed by atoms with E-state index in [1.807, 2.05) is 6.07 Å². The second-order valence-corrected chi connectivity index (χ2v) is 7.52. The fourth-order valence-corrected chi connectivity index (χ4v) is 3.47. The molecule has 148 valence electrons. The fraction of sp³-hybridized carbons (Fsp3) is 0.556. The van der Waals surface area contributed by atoms with Crippen LogP contribution in [-0.4, -0.2) is 18.5 Å². The molecule has 1 aliphatic rings. The first kappa shape index (κ1) is 21.5. The van der Waals surface area contributed by atoms with E-state index in [4.69, 9.17) is 21.6 Å². The van der Waals surface area contributed by atoms with Gasteiger partial charge in [0, 0.05) is 7.11 Å². The second kappa shape index (κ2) is 8.03. The average molecular weight is 408 g/mol. The molecular formula is C18H18ClF4NO3. The van der Waals surface area contributed by atoms with Crippen molar-refractivity contribution in [1.82, 2.24) is 0 Å². The minimum Gasteiger partial charge on any atom is -0.460 e. The van der Waals surface area contributed by atoms with E-state index in [2.05, 4.69) is 4.74 Å². The van der Waals surface area contributed by atoms with Crippen LogP contribution in [-0.2, 0) is 27.5 Å². The van der Waals surface area contributed by atoms with E-state index < -0.39 is 70.3 Å². The molecule has 1 aromatic rings. The molecule has 27 heavy (non-hydrogen) atoms. The number of alkyl halides is 1. The summed E-state index contributed by atoms with van der Waals surface area (Å²) in [7, 11) is 1.12. The maximum atomic E-state index is 14.1. The van der Waals surface area contributed by atoms with Crippen molar-refractivity contribution in [2.24, 2.45) is 17.3 Å². The molecule has 1 aromatic carbocycles. The number of carbonyl (C=O) groups excluding carboxylic acids is 1. The Morgan fingerprint density at radius 3 is 2.07 bits per heavy atom. The van der Waals surface area contributed by atoms with Gasteiger partial charge in [0.1, 0.15) is 12.0 Å². The zero-order valence-electron chi connectivity index (χ0n) is 14.9. The number of carbonyl (C=O) groups is 1. The van der Waals surface area contributed by atoms with Gasteiger partial charge in [-0.05, 0) is 17.8 Å². The van der Waals surface area contributed by atoms with E-state index >= 15 is 0 Å². The van der Waals surface area contributed by atoms with E-state index in [0.29, 0.717) is 0 Å². The molecule has 4 nitrogen and oxygen atoms in total. The number of hydrogen-bond acceptors (Lipinski definition) is 4. The van der Waals surface area contributed by atoms with E-state index in [0.717, 1.165) is 7.11 Å². The van der Waals surface area contributed by atoms with Crippen molar-refractivity contribution in [2.45, 2.75) is 38.9 Å². The minimum absolute atomic E-state index is 0.237. The van der Waals surface area contributed by atoms with Gasteiger partial charge in [0.2, 0.25) is 0 Å². The monoisotopic (exact) mass is 407 g/mol. The third kappa shape index (κ3) is 4.04. The summed E-state index contributed by atoms with van der Waals surface area (Å²) in [6, 6.07) is 1.85. The number of halogens is 5. The van der Waals surface area contributed by atoms with Gasteiger partial charge in [-0.25, -0.2) is 17.6 Å². The molecule has 3 atom stereocenters. The van der Waals surface area contributed by atoms with Crippen LogP contribution in [0.15, 0.2) is 0 Å². The molecule has 1 saturated carbocycles. The molecule has 9 heteroatoms. The zero-order valence-corrected chi connectivity index (χ0v) is 15.7. The molecular weight excluding hydrogens is 390 g/mol. The number of hydrogen-bond donors (Lipinski definition) is 0. The van der Waals surface area contributed by atoms with Crippen LogP contribution in [0.3, 0.4) is 0 Å². The maximum Gasteiger partial charge on any atom is 0.310 e. The number of methoxy groups -OCH3 is 1. The number of rotatable bonds is 7. The third-order valence-electron chi connectivity index (χ3n) is 5.00. The van der Waals surface area contributed by atoms with E-state index in [1.165, 1.54) is 0 Å². The van der Waals surface area contributed by atoms with Crippen molar-refractivity contribution < 1.29 is 31.8 Å². The Morgan fingerprint density at radius 2 is 1.63 bits per heavy atom. The standard InChI is InChI=1S/C18H18ClF4NO3/c1-18(2)11(4-8(19)5-24)12(18)17(25)27-7-10-15(22)13(20)9(6-26-3)14(21)16(10)23/h8,11-12H,4,6-7H2,1-3H3. The molecule has 0 spiro atoms. The highest BCUT2D eigenvalue weighted by atomic mass is 35.5. The Hall–Kier alpha value is -1.85. The molecule has 0 saturated heterocycles. The molecule has 0 aliphatic heterocycles. The molecule has 2 rings (SSSR count). The van der Waals surface area contributed by atoms with Gasteiger partial charge < -0.3 is 9.47 Å². The average Bonchev–Trinajstić information content (AvgIpc) is 3.16. The molecule has 1 fully saturated rings. The van der Waals surface area contributed by atoms with Gasteiger partial charge in [0.25, 0.3) is 0 Å². The SMILES string of the molecule is COCc1c(F)c(F)c(COC(=O)C2C(CC(Cl)C#N)C2(C)C)c(F)c1F. The van der Waals surface area contributed by atoms with Crippen LogP contribution in [0.5, 0.6) is 0 Å². The van der Waals surface area contributed by atoms with Gasteiger partial charge in [-0.1, -0.05) is 13.8 Å². The van der Waals surface area contributed by atoms with Crippen LogP contribution in [0.4, 0.5) is 17.6 Å². The van der Waals surface area contributed by atoms with E-state index in [1.54, 1.807) is 13.8 Å². The molecule has 0 heterocycles. The second-order valence-electron chi connectivity index (χ2n) is 6.99. The van der Waals surface area contributed by atoms with Crippen molar-refractivity contribution in [1.29, 1.82) is 5.26 Å². The summed E-state index contributed by atoms with van der Waals surface area (Å²) in [6.45, 7) is 1.93. The summed E-state index contributed by atoms with van der Waals surface area (Å²) in [5.74, 6) is -8.08. The lowest BCUT2D eigenvalue weighted by atomic mass is 10.1. The van der Waals surface area contributed by atoms with Gasteiger partial charge in [-0.3, -0.25) is 4.79 Å². The summed E-state index contributed by atoms with van der Waals surface area (Å²) in [6.07, 6.45) is 0.252. The molecule has 0 aromatic heterocycles. The van der Waals surface area contributed by atoms with Gasteiger partial charge in [0.05, 0.1) is 29.7 Å². The predicted octanol–water partition coefficient (Wildman–Crippen LogP) is 4.23. The quantitative estimate of drug-likeness (QED) is 0.294. The molecule has 0 radical (unpaired) electrons. The summed E-state index contributed by atoms with van der Waals surface area (Å²) in [4.78, 5) is 12.2. The van der Waals surface area contributed by atoms with E-state index in [-0.39, 0.29) is 12.3 Å². The number of ether oxygens (including phenoxy) is 2. The Labute approximate surface area is 159 Å². The number of benzene rings is 1. The molecule has 0 N–H and O–H groups in total. The van der Waals surface area contributed by atoms with Gasteiger partial charge in [-0.15, -0.1) is 11.6 Å². The minimum atomic E-state index is -1.63. The Morgan fingerprint density at radius 1 is 1.15 bits per heavy atom. The maximum absolute atomic E-state index is 14.1. The van der Waals surface area contributed by atoms with Gasteiger partial charge in [-0.2, -0.15) is 5.26 Å². The van der Waals surface area contributed by atoms with Crippen molar-refractivity contribution in [2.75, 3.05) is 7.11 Å². The zero-order chi connectivity index (χ0) is 20.5. The highest BCUT2D eigenvalue weighted by Gasteiger charge is 2.62. The van der Waals surface area contributed by atoms with Crippen molar-refractivity contribution in [3.63, 3.8) is 0 Å². The highest BCUT2D eigenvalue weighted by molar-refractivity contribution is 6.22. The van der Waals surface area contributed by atoms with Crippen molar-refractivity contribution >= 4 is 17.6 Å². The smallest absolute Gasteiger partial charge is 0.310 e. The van der Waals surface area contributed by atoms with Crippen LogP contribution in [0, 0.1) is 51.9 Å². The van der Waals surface area contributed by atoms with Crippen molar-refractivity contribution in [3.05, 3.63) is 34.4 Å². The number of esters is 1. The summed E-state index contributed by atoms with van der Waals surface area (Å²) >= 11 is 5.78. The normalized spacial score (nSPS) is 21.4. The van der Waals surface area contributed by atoms with Crippen LogP contribution >= 0.6 is 11.6 Å². The van der Waals surface area contributed by atoms with Gasteiger partial charge in [0.15, 0.2) is 23.3 Å². The third-order valence-corrected chi connectivity index (χ3v) is 5.27. The first-order chi connectivity index (χ1) is 12.6. The molecule has 0 amide bonds. The fourth-order valence-electron chi connectivity index (χ4n) is 3.28. The van der Waals surface area contributed by atoms with E-state index in [9.17, 15) is 22.4 Å². The predicted molar refractivity (Wildman–Crippen MR) is 87.4 cm³/mol. The van der Waals surface area contributed by atoms with Gasteiger partial charge >= 0.3 is 5.97 Å². The number of nitriles is 1. The van der Waals surface area contributed by atoms with Crippen molar-refractivity contribution in [3.8, 4) is 6.07 Å².